The highest BCUT2D eigenvalue weighted by Gasteiger charge is 2.21. The third kappa shape index (κ3) is 4.83. The summed E-state index contributed by atoms with van der Waals surface area (Å²) in [6.07, 6.45) is 3.61. The minimum atomic E-state index is 0.393. The Balaban J connectivity index is 2.91. The van der Waals surface area contributed by atoms with Crippen molar-refractivity contribution in [2.45, 2.75) is 59.2 Å². The number of nitrogens with one attached hydrogen (secondary N) is 1. The van der Waals surface area contributed by atoms with E-state index in [0.717, 1.165) is 25.2 Å². The lowest BCUT2D eigenvalue weighted by molar-refractivity contribution is 0.205. The molecule has 1 heterocycles. The van der Waals surface area contributed by atoms with Crippen molar-refractivity contribution in [3.05, 3.63) is 33.7 Å². The third-order valence-electron chi connectivity index (χ3n) is 4.14. The summed E-state index contributed by atoms with van der Waals surface area (Å²) in [7, 11) is 1.97. The molecule has 120 valence electrons. The Kier molecular flexibility index (Phi) is 8.01. The van der Waals surface area contributed by atoms with Crippen molar-refractivity contribution in [1.82, 2.24) is 10.2 Å². The van der Waals surface area contributed by atoms with Crippen LogP contribution in [0.25, 0.3) is 0 Å². The number of hydrogen-bond acceptors (Lipinski definition) is 4. The lowest BCUT2D eigenvalue weighted by Crippen LogP contribution is -2.39. The van der Waals surface area contributed by atoms with E-state index >= 15 is 0 Å². The summed E-state index contributed by atoms with van der Waals surface area (Å²) in [6, 6.07) is 0.393. The zero-order valence-corrected chi connectivity index (χ0v) is 14.9. The van der Waals surface area contributed by atoms with Crippen molar-refractivity contribution in [1.29, 1.82) is 0 Å². The second-order valence-electron chi connectivity index (χ2n) is 5.52. The van der Waals surface area contributed by atoms with E-state index in [4.69, 9.17) is 5.73 Å². The van der Waals surface area contributed by atoms with Gasteiger partial charge in [-0.05, 0) is 36.4 Å². The van der Waals surface area contributed by atoms with Gasteiger partial charge in [0, 0.05) is 36.8 Å². The maximum atomic E-state index is 5.89. The Labute approximate surface area is 134 Å². The van der Waals surface area contributed by atoms with Crippen LogP contribution in [0.4, 0.5) is 0 Å². The Morgan fingerprint density at radius 1 is 1.48 bits per heavy atom. The van der Waals surface area contributed by atoms with Crippen LogP contribution >= 0.6 is 11.3 Å². The van der Waals surface area contributed by atoms with Crippen LogP contribution < -0.4 is 11.1 Å². The highest BCUT2D eigenvalue weighted by atomic mass is 32.1. The van der Waals surface area contributed by atoms with E-state index < -0.39 is 0 Å². The summed E-state index contributed by atoms with van der Waals surface area (Å²) in [5.74, 6) is 0. The molecule has 3 nitrogen and oxygen atoms in total. The molecule has 21 heavy (non-hydrogen) atoms. The number of unbranched alkanes of at least 4 members (excludes halogenated alkanes) is 1. The fourth-order valence-corrected chi connectivity index (χ4v) is 3.62. The number of likely N-dealkylation sites (N-methyl/N-ethyl adjacent to an activating group) is 2. The largest absolute Gasteiger partial charge is 0.391 e. The monoisotopic (exact) mass is 309 g/mol. The van der Waals surface area contributed by atoms with Gasteiger partial charge < -0.3 is 11.1 Å². The normalized spacial score (nSPS) is 12.7. The average Bonchev–Trinajstić information content (AvgIpc) is 2.85. The van der Waals surface area contributed by atoms with Crippen molar-refractivity contribution in [3.8, 4) is 0 Å². The van der Waals surface area contributed by atoms with Crippen LogP contribution in [0.2, 0.25) is 0 Å². The first-order valence-corrected chi connectivity index (χ1v) is 8.83. The van der Waals surface area contributed by atoms with Gasteiger partial charge in [0.15, 0.2) is 0 Å². The maximum Gasteiger partial charge on any atom is 0.0492 e. The van der Waals surface area contributed by atoms with Gasteiger partial charge in [-0.1, -0.05) is 33.3 Å². The fraction of sp³-hybridized carbons (Fsp3) is 0.647. The second-order valence-corrected chi connectivity index (χ2v) is 6.49. The topological polar surface area (TPSA) is 41.3 Å². The zero-order valence-electron chi connectivity index (χ0n) is 14.0. The van der Waals surface area contributed by atoms with Gasteiger partial charge in [0.05, 0.1) is 0 Å². The fourth-order valence-electron chi connectivity index (χ4n) is 2.69. The van der Waals surface area contributed by atoms with Crippen LogP contribution in [-0.2, 0) is 13.1 Å². The lowest BCUT2D eigenvalue weighted by Gasteiger charge is -2.32. The van der Waals surface area contributed by atoms with Crippen molar-refractivity contribution >= 4 is 11.3 Å². The van der Waals surface area contributed by atoms with E-state index in [2.05, 4.69) is 42.9 Å². The van der Waals surface area contributed by atoms with Crippen molar-refractivity contribution < 1.29 is 0 Å². The van der Waals surface area contributed by atoms with Gasteiger partial charge in [-0.3, -0.25) is 4.90 Å². The highest BCUT2D eigenvalue weighted by Crippen LogP contribution is 2.25. The molecule has 1 unspecified atom stereocenters. The molecule has 4 heteroatoms. The third-order valence-corrected chi connectivity index (χ3v) is 5.31. The van der Waals surface area contributed by atoms with Gasteiger partial charge in [-0.2, -0.15) is 0 Å². The molecule has 0 fully saturated rings. The molecule has 1 rings (SSSR count). The molecule has 0 saturated carbocycles. The first-order chi connectivity index (χ1) is 10.1. The van der Waals surface area contributed by atoms with Crippen LogP contribution in [0.3, 0.4) is 0 Å². The summed E-state index contributed by atoms with van der Waals surface area (Å²) in [6.45, 7) is 13.5. The number of rotatable bonds is 10. The maximum absolute atomic E-state index is 5.89. The average molecular weight is 310 g/mol. The predicted molar refractivity (Wildman–Crippen MR) is 94.5 cm³/mol. The second kappa shape index (κ2) is 9.23. The predicted octanol–water partition coefficient (Wildman–Crippen LogP) is 3.63. The summed E-state index contributed by atoms with van der Waals surface area (Å²) >= 11 is 1.78. The summed E-state index contributed by atoms with van der Waals surface area (Å²) < 4.78 is 0. The highest BCUT2D eigenvalue weighted by molar-refractivity contribution is 7.10. The molecular weight excluding hydrogens is 278 g/mol. The Bertz CT molecular complexity index is 439. The molecular formula is C17H31N3S. The van der Waals surface area contributed by atoms with Crippen LogP contribution in [0.15, 0.2) is 17.7 Å². The molecule has 0 bridgehead atoms. The van der Waals surface area contributed by atoms with Crippen molar-refractivity contribution in [2.75, 3.05) is 13.6 Å². The molecule has 1 aromatic rings. The first-order valence-electron chi connectivity index (χ1n) is 7.95. The minimum absolute atomic E-state index is 0.393. The van der Waals surface area contributed by atoms with Gasteiger partial charge in [0.2, 0.25) is 0 Å². The van der Waals surface area contributed by atoms with E-state index in [1.54, 1.807) is 11.3 Å². The molecule has 0 aliphatic carbocycles. The van der Waals surface area contributed by atoms with E-state index in [-0.39, 0.29) is 0 Å². The molecule has 0 spiro atoms. The van der Waals surface area contributed by atoms with Gasteiger partial charge in [-0.15, -0.1) is 11.3 Å². The number of hydrogen-bond donors (Lipinski definition) is 2. The molecule has 3 N–H and O–H groups in total. The van der Waals surface area contributed by atoms with Crippen molar-refractivity contribution in [2.24, 2.45) is 5.73 Å². The lowest BCUT2D eigenvalue weighted by atomic mass is 10.0. The SMILES string of the molecule is C=C(NC)C(CCCC)N(CC)Cc1c(C)csc1CN. The molecule has 0 saturated heterocycles. The first kappa shape index (κ1) is 18.2. The molecule has 0 aromatic carbocycles. The molecule has 1 atom stereocenters. The number of aryl methyl sites for hydroxylation is 1. The van der Waals surface area contributed by atoms with E-state index in [1.165, 1.54) is 28.8 Å². The van der Waals surface area contributed by atoms with Crippen LogP contribution in [-0.4, -0.2) is 24.5 Å². The van der Waals surface area contributed by atoms with Crippen LogP contribution in [0.1, 0.15) is 49.1 Å². The van der Waals surface area contributed by atoms with E-state index in [9.17, 15) is 0 Å². The zero-order chi connectivity index (χ0) is 15.8. The summed E-state index contributed by atoms with van der Waals surface area (Å²) in [5.41, 5.74) is 9.78. The van der Waals surface area contributed by atoms with Gasteiger partial charge in [-0.25, -0.2) is 0 Å². The molecule has 0 aliphatic heterocycles. The molecule has 0 radical (unpaired) electrons. The van der Waals surface area contributed by atoms with Gasteiger partial charge in [0.1, 0.15) is 0 Å². The Morgan fingerprint density at radius 3 is 2.71 bits per heavy atom. The van der Waals surface area contributed by atoms with Gasteiger partial charge >= 0.3 is 0 Å². The standard InChI is InChI=1S/C17H31N3S/c1-6-8-9-16(14(4)19-5)20(7-2)11-15-13(3)12-21-17(15)10-18/h12,16,19H,4,6-11,18H2,1-3,5H3. The van der Waals surface area contributed by atoms with E-state index in [0.29, 0.717) is 12.6 Å². The quantitative estimate of drug-likeness (QED) is 0.693. The summed E-state index contributed by atoms with van der Waals surface area (Å²) in [5, 5.41) is 5.47. The number of thiophene rings is 1. The van der Waals surface area contributed by atoms with E-state index in [1.807, 2.05) is 7.05 Å². The summed E-state index contributed by atoms with van der Waals surface area (Å²) in [4.78, 5) is 3.83. The van der Waals surface area contributed by atoms with Crippen LogP contribution in [0.5, 0.6) is 0 Å². The molecule has 0 amide bonds. The number of nitrogens with zero attached hydrogens (tertiary/aromatic N) is 1. The van der Waals surface area contributed by atoms with Crippen molar-refractivity contribution in [3.63, 3.8) is 0 Å². The molecule has 0 aliphatic rings. The Hall–Kier alpha value is -0.840. The molecule has 1 aromatic heterocycles. The Morgan fingerprint density at radius 2 is 2.19 bits per heavy atom. The van der Waals surface area contributed by atoms with Crippen LogP contribution in [0, 0.1) is 6.92 Å². The number of nitrogens with two attached hydrogens (primary N) is 1. The minimum Gasteiger partial charge on any atom is -0.391 e. The smallest absolute Gasteiger partial charge is 0.0492 e. The van der Waals surface area contributed by atoms with Gasteiger partial charge in [0.25, 0.3) is 0 Å².